The van der Waals surface area contributed by atoms with Gasteiger partial charge < -0.3 is 11.1 Å². The summed E-state index contributed by atoms with van der Waals surface area (Å²) in [5.74, 6) is -0.206. The van der Waals surface area contributed by atoms with Crippen LogP contribution in [0.1, 0.15) is 41.4 Å². The SMILES string of the molecule is CC(C)c1c(C(=O)NCCN)cnn1-c1ccc(C(F)(F)F)cn1. The zero-order valence-electron chi connectivity index (χ0n) is 13.3. The zero-order chi connectivity index (χ0) is 17.9. The first kappa shape index (κ1) is 17.9. The van der Waals surface area contributed by atoms with Crippen LogP contribution in [0.5, 0.6) is 0 Å². The number of carbonyl (C=O) groups is 1. The lowest BCUT2D eigenvalue weighted by molar-refractivity contribution is -0.137. The highest BCUT2D eigenvalue weighted by Gasteiger charge is 2.31. The van der Waals surface area contributed by atoms with Crippen molar-refractivity contribution < 1.29 is 18.0 Å². The number of rotatable bonds is 5. The van der Waals surface area contributed by atoms with Crippen LogP contribution in [0.25, 0.3) is 5.82 Å². The average molecular weight is 341 g/mol. The van der Waals surface area contributed by atoms with Gasteiger partial charge in [0, 0.05) is 19.3 Å². The van der Waals surface area contributed by atoms with Gasteiger partial charge in [0.2, 0.25) is 0 Å². The van der Waals surface area contributed by atoms with E-state index in [4.69, 9.17) is 5.73 Å². The largest absolute Gasteiger partial charge is 0.417 e. The molecular formula is C15H18F3N5O. The molecule has 3 N–H and O–H groups in total. The van der Waals surface area contributed by atoms with E-state index < -0.39 is 11.7 Å². The summed E-state index contributed by atoms with van der Waals surface area (Å²) in [5.41, 5.74) is 5.43. The lowest BCUT2D eigenvalue weighted by Crippen LogP contribution is -2.29. The van der Waals surface area contributed by atoms with Crippen LogP contribution in [0.2, 0.25) is 0 Å². The third-order valence-electron chi connectivity index (χ3n) is 3.32. The number of carbonyl (C=O) groups excluding carboxylic acids is 1. The molecule has 0 saturated heterocycles. The van der Waals surface area contributed by atoms with Crippen molar-refractivity contribution in [3.8, 4) is 5.82 Å². The minimum atomic E-state index is -4.45. The molecule has 0 bridgehead atoms. The second-order valence-electron chi connectivity index (χ2n) is 5.46. The van der Waals surface area contributed by atoms with Crippen molar-refractivity contribution in [1.82, 2.24) is 20.1 Å². The van der Waals surface area contributed by atoms with Crippen LogP contribution >= 0.6 is 0 Å². The molecule has 130 valence electrons. The lowest BCUT2D eigenvalue weighted by Gasteiger charge is -2.13. The fourth-order valence-electron chi connectivity index (χ4n) is 2.23. The predicted octanol–water partition coefficient (Wildman–Crippen LogP) is 2.10. The molecule has 0 aliphatic heterocycles. The van der Waals surface area contributed by atoms with Gasteiger partial charge >= 0.3 is 6.18 Å². The second-order valence-corrected chi connectivity index (χ2v) is 5.46. The number of aromatic nitrogens is 3. The standard InChI is InChI=1S/C15H18F3N5O/c1-9(2)13-11(14(24)20-6-5-19)8-22-23(13)12-4-3-10(7-21-12)15(16,17)18/h3-4,7-9H,5-6,19H2,1-2H3,(H,20,24). The number of halogens is 3. The summed E-state index contributed by atoms with van der Waals surface area (Å²) in [5, 5.41) is 6.76. The Morgan fingerprint density at radius 1 is 1.33 bits per heavy atom. The van der Waals surface area contributed by atoms with Crippen LogP contribution in [0.4, 0.5) is 13.2 Å². The molecule has 0 atom stereocenters. The van der Waals surface area contributed by atoms with E-state index in [1.54, 1.807) is 0 Å². The summed E-state index contributed by atoms with van der Waals surface area (Å²) in [6, 6.07) is 2.16. The number of hydrogen-bond acceptors (Lipinski definition) is 4. The highest BCUT2D eigenvalue weighted by molar-refractivity contribution is 5.95. The highest BCUT2D eigenvalue weighted by Crippen LogP contribution is 2.29. The van der Waals surface area contributed by atoms with Gasteiger partial charge in [-0.1, -0.05) is 13.8 Å². The van der Waals surface area contributed by atoms with Gasteiger partial charge in [-0.25, -0.2) is 9.67 Å². The maximum atomic E-state index is 12.6. The molecule has 2 rings (SSSR count). The van der Waals surface area contributed by atoms with Crippen LogP contribution in [-0.2, 0) is 6.18 Å². The van der Waals surface area contributed by atoms with Crippen molar-refractivity contribution in [1.29, 1.82) is 0 Å². The maximum Gasteiger partial charge on any atom is 0.417 e. The van der Waals surface area contributed by atoms with Crippen LogP contribution in [-0.4, -0.2) is 33.8 Å². The Hall–Kier alpha value is -2.42. The molecular weight excluding hydrogens is 323 g/mol. The minimum Gasteiger partial charge on any atom is -0.351 e. The monoisotopic (exact) mass is 341 g/mol. The summed E-state index contributed by atoms with van der Waals surface area (Å²) in [6.45, 7) is 4.34. The molecule has 0 saturated carbocycles. The predicted molar refractivity (Wildman–Crippen MR) is 81.8 cm³/mol. The summed E-state index contributed by atoms with van der Waals surface area (Å²) < 4.78 is 39.3. The van der Waals surface area contributed by atoms with E-state index in [9.17, 15) is 18.0 Å². The van der Waals surface area contributed by atoms with Gasteiger partial charge in [0.25, 0.3) is 5.91 Å². The third kappa shape index (κ3) is 3.73. The van der Waals surface area contributed by atoms with Gasteiger partial charge in [0.15, 0.2) is 5.82 Å². The molecule has 0 unspecified atom stereocenters. The maximum absolute atomic E-state index is 12.6. The van der Waals surface area contributed by atoms with Gasteiger partial charge in [-0.05, 0) is 18.1 Å². The van der Waals surface area contributed by atoms with Gasteiger partial charge in [0.05, 0.1) is 23.0 Å². The molecule has 9 heteroatoms. The number of nitrogens with one attached hydrogen (secondary N) is 1. The fourth-order valence-corrected chi connectivity index (χ4v) is 2.23. The topological polar surface area (TPSA) is 85.8 Å². The van der Waals surface area contributed by atoms with Crippen molar-refractivity contribution in [2.45, 2.75) is 25.9 Å². The molecule has 1 amide bonds. The van der Waals surface area contributed by atoms with Crippen molar-refractivity contribution in [3.05, 3.63) is 41.3 Å². The Balaban J connectivity index is 2.40. The molecule has 0 aliphatic rings. The van der Waals surface area contributed by atoms with Crippen molar-refractivity contribution in [3.63, 3.8) is 0 Å². The first-order valence-electron chi connectivity index (χ1n) is 7.35. The average Bonchev–Trinajstić information content (AvgIpc) is 2.97. The molecule has 0 aliphatic carbocycles. The second kappa shape index (κ2) is 7.00. The van der Waals surface area contributed by atoms with Gasteiger partial charge in [-0.15, -0.1) is 0 Å². The van der Waals surface area contributed by atoms with E-state index in [0.717, 1.165) is 12.3 Å². The summed E-state index contributed by atoms with van der Waals surface area (Å²) >= 11 is 0. The van der Waals surface area contributed by atoms with E-state index in [0.29, 0.717) is 24.3 Å². The Kier molecular flexibility index (Phi) is 5.23. The summed E-state index contributed by atoms with van der Waals surface area (Å²) in [7, 11) is 0. The van der Waals surface area contributed by atoms with Crippen molar-refractivity contribution >= 4 is 5.91 Å². The Morgan fingerprint density at radius 2 is 2.04 bits per heavy atom. The Labute approximate surface area is 136 Å². The summed E-state index contributed by atoms with van der Waals surface area (Å²) in [4.78, 5) is 16.0. The van der Waals surface area contributed by atoms with Crippen molar-refractivity contribution in [2.24, 2.45) is 5.73 Å². The number of pyridine rings is 1. The molecule has 0 spiro atoms. The van der Waals surface area contributed by atoms with Crippen molar-refractivity contribution in [2.75, 3.05) is 13.1 Å². The number of hydrogen-bond donors (Lipinski definition) is 2. The Morgan fingerprint density at radius 3 is 2.54 bits per heavy atom. The minimum absolute atomic E-state index is 0.0878. The molecule has 6 nitrogen and oxygen atoms in total. The number of nitrogens with zero attached hydrogens (tertiary/aromatic N) is 3. The first-order valence-corrected chi connectivity index (χ1v) is 7.35. The number of alkyl halides is 3. The van der Waals surface area contributed by atoms with Crippen LogP contribution in [0, 0.1) is 0 Å². The van der Waals surface area contributed by atoms with Gasteiger partial charge in [-0.3, -0.25) is 4.79 Å². The molecule has 0 aromatic carbocycles. The number of nitrogens with two attached hydrogens (primary N) is 1. The quantitative estimate of drug-likeness (QED) is 0.872. The molecule has 2 heterocycles. The van der Waals surface area contributed by atoms with E-state index in [1.165, 1.54) is 16.9 Å². The Bertz CT molecular complexity index is 707. The molecule has 0 radical (unpaired) electrons. The van der Waals surface area contributed by atoms with E-state index in [-0.39, 0.29) is 17.6 Å². The third-order valence-corrected chi connectivity index (χ3v) is 3.32. The summed E-state index contributed by atoms with van der Waals surface area (Å²) in [6.07, 6.45) is -2.33. The molecule has 0 fully saturated rings. The van der Waals surface area contributed by atoms with Crippen LogP contribution in [0.15, 0.2) is 24.5 Å². The first-order chi connectivity index (χ1) is 11.3. The highest BCUT2D eigenvalue weighted by atomic mass is 19.4. The van der Waals surface area contributed by atoms with E-state index >= 15 is 0 Å². The normalized spacial score (nSPS) is 11.8. The smallest absolute Gasteiger partial charge is 0.351 e. The van der Waals surface area contributed by atoms with Crippen LogP contribution in [0.3, 0.4) is 0 Å². The van der Waals surface area contributed by atoms with Gasteiger partial charge in [-0.2, -0.15) is 18.3 Å². The zero-order valence-corrected chi connectivity index (χ0v) is 13.3. The van der Waals surface area contributed by atoms with E-state index in [1.807, 2.05) is 13.8 Å². The van der Waals surface area contributed by atoms with Gasteiger partial charge in [0.1, 0.15) is 0 Å². The van der Waals surface area contributed by atoms with E-state index in [2.05, 4.69) is 15.4 Å². The molecule has 24 heavy (non-hydrogen) atoms. The molecule has 2 aromatic heterocycles. The number of amides is 1. The van der Waals surface area contributed by atoms with Crippen LogP contribution < -0.4 is 11.1 Å². The lowest BCUT2D eigenvalue weighted by atomic mass is 10.1. The fraction of sp³-hybridized carbons (Fsp3) is 0.400. The molecule has 2 aromatic rings.